The number of hydrogen-bond acceptors (Lipinski definition) is 3. The summed E-state index contributed by atoms with van der Waals surface area (Å²) in [6.07, 6.45) is 0. The molecule has 0 atom stereocenters. The molecule has 2 aromatic rings. The molecule has 98 valence electrons. The van der Waals surface area contributed by atoms with Crippen LogP contribution in [0.5, 0.6) is 0 Å². The number of rotatable bonds is 2. The fraction of sp³-hybridized carbons (Fsp3) is 0. The van der Waals surface area contributed by atoms with Crippen LogP contribution in [-0.2, 0) is 0 Å². The van der Waals surface area contributed by atoms with Gasteiger partial charge in [-0.25, -0.2) is 4.39 Å². The Morgan fingerprint density at radius 1 is 1.11 bits per heavy atom. The van der Waals surface area contributed by atoms with Gasteiger partial charge < -0.3 is 16.8 Å². The van der Waals surface area contributed by atoms with Crippen molar-refractivity contribution in [3.05, 3.63) is 52.8 Å². The molecule has 2 rings (SSSR count). The minimum atomic E-state index is -0.605. The highest BCUT2D eigenvalue weighted by Crippen LogP contribution is 2.20. The van der Waals surface area contributed by atoms with Gasteiger partial charge in [-0.15, -0.1) is 0 Å². The molecule has 0 radical (unpaired) electrons. The quantitative estimate of drug-likeness (QED) is 0.739. The molecule has 1 amide bonds. The highest BCUT2D eigenvalue weighted by atomic mass is 35.5. The van der Waals surface area contributed by atoms with Crippen molar-refractivity contribution in [1.82, 2.24) is 0 Å². The van der Waals surface area contributed by atoms with Gasteiger partial charge in [-0.05, 0) is 36.4 Å². The number of carbonyl (C=O) groups excluding carboxylic acids is 1. The zero-order valence-electron chi connectivity index (χ0n) is 9.78. The molecule has 0 aromatic heterocycles. The van der Waals surface area contributed by atoms with E-state index in [1.165, 1.54) is 24.3 Å². The van der Waals surface area contributed by atoms with Crippen LogP contribution in [0, 0.1) is 5.82 Å². The highest BCUT2D eigenvalue weighted by molar-refractivity contribution is 6.30. The van der Waals surface area contributed by atoms with E-state index in [0.717, 1.165) is 6.07 Å². The fourth-order valence-corrected chi connectivity index (χ4v) is 1.70. The lowest BCUT2D eigenvalue weighted by molar-refractivity contribution is 0.102. The van der Waals surface area contributed by atoms with E-state index in [0.29, 0.717) is 22.6 Å². The van der Waals surface area contributed by atoms with E-state index in [-0.39, 0.29) is 5.02 Å². The Morgan fingerprint density at radius 3 is 2.32 bits per heavy atom. The van der Waals surface area contributed by atoms with E-state index in [1.54, 1.807) is 6.07 Å². The molecule has 0 aliphatic rings. The van der Waals surface area contributed by atoms with Gasteiger partial charge in [-0.3, -0.25) is 4.79 Å². The van der Waals surface area contributed by atoms with Crippen LogP contribution in [0.3, 0.4) is 0 Å². The molecular formula is C13H11ClFN3O. The smallest absolute Gasteiger partial charge is 0.255 e. The van der Waals surface area contributed by atoms with Crippen LogP contribution in [0.1, 0.15) is 10.4 Å². The third-order valence-electron chi connectivity index (χ3n) is 2.42. The van der Waals surface area contributed by atoms with Crippen molar-refractivity contribution in [2.75, 3.05) is 16.8 Å². The number of hydrogen-bond donors (Lipinski definition) is 3. The van der Waals surface area contributed by atoms with Crippen LogP contribution in [0.2, 0.25) is 5.02 Å². The Kier molecular flexibility index (Phi) is 3.57. The number of nitrogens with two attached hydrogens (primary N) is 2. The maximum Gasteiger partial charge on any atom is 0.255 e. The van der Waals surface area contributed by atoms with Crippen LogP contribution in [0.25, 0.3) is 0 Å². The van der Waals surface area contributed by atoms with E-state index in [2.05, 4.69) is 5.32 Å². The maximum absolute atomic E-state index is 13.2. The Morgan fingerprint density at radius 2 is 1.74 bits per heavy atom. The van der Waals surface area contributed by atoms with E-state index >= 15 is 0 Å². The van der Waals surface area contributed by atoms with Crippen molar-refractivity contribution >= 4 is 34.6 Å². The summed E-state index contributed by atoms with van der Waals surface area (Å²) < 4.78 is 13.2. The largest absolute Gasteiger partial charge is 0.399 e. The van der Waals surface area contributed by atoms with Crippen LogP contribution in [0.4, 0.5) is 21.5 Å². The molecule has 6 heteroatoms. The predicted octanol–water partition coefficient (Wildman–Crippen LogP) is 2.90. The minimum Gasteiger partial charge on any atom is -0.399 e. The molecule has 4 nitrogen and oxygen atoms in total. The predicted molar refractivity (Wildman–Crippen MR) is 74.6 cm³/mol. The van der Waals surface area contributed by atoms with E-state index in [9.17, 15) is 9.18 Å². The molecule has 0 spiro atoms. The molecule has 0 bridgehead atoms. The van der Waals surface area contributed by atoms with Gasteiger partial charge in [0.25, 0.3) is 5.91 Å². The molecule has 2 aromatic carbocycles. The average Bonchev–Trinajstić information content (AvgIpc) is 2.32. The number of amides is 1. The third-order valence-corrected chi connectivity index (χ3v) is 2.72. The van der Waals surface area contributed by atoms with Gasteiger partial charge in [0, 0.05) is 22.6 Å². The van der Waals surface area contributed by atoms with E-state index < -0.39 is 11.7 Å². The van der Waals surface area contributed by atoms with Crippen molar-refractivity contribution in [3.8, 4) is 0 Å². The Labute approximate surface area is 114 Å². The first-order valence-corrected chi connectivity index (χ1v) is 5.76. The first-order chi connectivity index (χ1) is 8.95. The van der Waals surface area contributed by atoms with Crippen LogP contribution in [-0.4, -0.2) is 5.91 Å². The zero-order chi connectivity index (χ0) is 14.0. The summed E-state index contributed by atoms with van der Waals surface area (Å²) in [5.74, 6) is -1.03. The van der Waals surface area contributed by atoms with Gasteiger partial charge in [0.15, 0.2) is 0 Å². The molecule has 0 heterocycles. The molecule has 0 saturated carbocycles. The molecule has 0 saturated heterocycles. The summed E-state index contributed by atoms with van der Waals surface area (Å²) in [5.41, 5.74) is 12.6. The molecule has 0 aliphatic carbocycles. The average molecular weight is 280 g/mol. The fourth-order valence-electron chi connectivity index (χ4n) is 1.58. The van der Waals surface area contributed by atoms with Crippen molar-refractivity contribution in [1.29, 1.82) is 0 Å². The minimum absolute atomic E-state index is 0.00815. The second kappa shape index (κ2) is 5.16. The number of halogens is 2. The molecule has 19 heavy (non-hydrogen) atoms. The molecule has 0 unspecified atom stereocenters. The third kappa shape index (κ3) is 3.14. The van der Waals surface area contributed by atoms with Gasteiger partial charge >= 0.3 is 0 Å². The lowest BCUT2D eigenvalue weighted by atomic mass is 10.1. The Balaban J connectivity index is 2.22. The first kappa shape index (κ1) is 13.2. The number of nitrogens with one attached hydrogen (secondary N) is 1. The van der Waals surface area contributed by atoms with Crippen molar-refractivity contribution in [3.63, 3.8) is 0 Å². The van der Waals surface area contributed by atoms with Crippen molar-refractivity contribution in [2.45, 2.75) is 0 Å². The van der Waals surface area contributed by atoms with Gasteiger partial charge in [0.1, 0.15) is 5.82 Å². The number of anilines is 3. The highest BCUT2D eigenvalue weighted by Gasteiger charge is 2.09. The van der Waals surface area contributed by atoms with Crippen molar-refractivity contribution < 1.29 is 9.18 Å². The van der Waals surface area contributed by atoms with Gasteiger partial charge in [0.2, 0.25) is 0 Å². The summed E-state index contributed by atoms with van der Waals surface area (Å²) in [5, 5.41) is 2.52. The number of nitrogen functional groups attached to an aromatic ring is 2. The molecule has 0 fully saturated rings. The lowest BCUT2D eigenvalue weighted by Gasteiger charge is -2.07. The van der Waals surface area contributed by atoms with Crippen LogP contribution < -0.4 is 16.8 Å². The Bertz CT molecular complexity index is 626. The summed E-state index contributed by atoms with van der Waals surface area (Å²) in [6.45, 7) is 0. The summed E-state index contributed by atoms with van der Waals surface area (Å²) in [4.78, 5) is 11.9. The van der Waals surface area contributed by atoms with Crippen LogP contribution in [0.15, 0.2) is 36.4 Å². The maximum atomic E-state index is 13.2. The zero-order valence-corrected chi connectivity index (χ0v) is 10.5. The number of benzene rings is 2. The second-order valence-electron chi connectivity index (χ2n) is 3.97. The normalized spacial score (nSPS) is 10.2. The molecular weight excluding hydrogens is 269 g/mol. The standard InChI is InChI=1S/C13H11ClFN3O/c14-11-2-1-10(6-12(11)15)18-13(19)7-3-8(16)5-9(17)4-7/h1-6H,16-17H2,(H,18,19). The number of carbonyl (C=O) groups is 1. The second-order valence-corrected chi connectivity index (χ2v) is 4.38. The SMILES string of the molecule is Nc1cc(N)cc(C(=O)Nc2ccc(Cl)c(F)c2)c1. The summed E-state index contributed by atoms with van der Waals surface area (Å²) in [6, 6.07) is 8.50. The van der Waals surface area contributed by atoms with Crippen molar-refractivity contribution in [2.24, 2.45) is 0 Å². The summed E-state index contributed by atoms with van der Waals surface area (Å²) in [7, 11) is 0. The Hall–Kier alpha value is -2.27. The molecule has 0 aliphatic heterocycles. The van der Waals surface area contributed by atoms with Gasteiger partial charge in [-0.1, -0.05) is 11.6 Å². The first-order valence-electron chi connectivity index (χ1n) is 5.38. The lowest BCUT2D eigenvalue weighted by Crippen LogP contribution is -2.12. The van der Waals surface area contributed by atoms with Gasteiger partial charge in [-0.2, -0.15) is 0 Å². The van der Waals surface area contributed by atoms with Gasteiger partial charge in [0.05, 0.1) is 5.02 Å². The molecule has 5 N–H and O–H groups in total. The monoisotopic (exact) mass is 279 g/mol. The topological polar surface area (TPSA) is 81.1 Å². The van der Waals surface area contributed by atoms with E-state index in [1.807, 2.05) is 0 Å². The van der Waals surface area contributed by atoms with E-state index in [4.69, 9.17) is 23.1 Å². The summed E-state index contributed by atoms with van der Waals surface area (Å²) >= 11 is 5.56. The van der Waals surface area contributed by atoms with Crippen LogP contribution >= 0.6 is 11.6 Å².